The van der Waals surface area contributed by atoms with Gasteiger partial charge in [0, 0.05) is 17.6 Å². The number of rotatable bonds is 10. The molecule has 3 heteroatoms. The fourth-order valence-electron chi connectivity index (χ4n) is 2.22. The molecule has 1 N–H and O–H groups in total. The van der Waals surface area contributed by atoms with Gasteiger partial charge < -0.3 is 9.73 Å². The molecule has 0 aliphatic carbocycles. The zero-order valence-electron chi connectivity index (χ0n) is 14.7. The molecular formula is C18H34N2O. The number of hydrogen-bond acceptors (Lipinski definition) is 3. The Labute approximate surface area is 131 Å². The van der Waals surface area contributed by atoms with E-state index in [2.05, 4.69) is 50.9 Å². The van der Waals surface area contributed by atoms with E-state index in [4.69, 9.17) is 4.42 Å². The second kappa shape index (κ2) is 9.26. The second-order valence-corrected chi connectivity index (χ2v) is 7.01. The van der Waals surface area contributed by atoms with Crippen molar-refractivity contribution in [3.8, 4) is 0 Å². The molecule has 0 saturated heterocycles. The zero-order chi connectivity index (χ0) is 15.7. The highest BCUT2D eigenvalue weighted by atomic mass is 16.3. The summed E-state index contributed by atoms with van der Waals surface area (Å²) in [5.74, 6) is 1.09. The van der Waals surface area contributed by atoms with Crippen LogP contribution in [0.1, 0.15) is 71.6 Å². The highest BCUT2D eigenvalue weighted by Crippen LogP contribution is 2.13. The first-order valence-corrected chi connectivity index (χ1v) is 8.48. The van der Waals surface area contributed by atoms with E-state index >= 15 is 0 Å². The van der Waals surface area contributed by atoms with Crippen LogP contribution in [0.3, 0.4) is 0 Å². The molecule has 0 saturated carbocycles. The number of nitrogens with zero attached hydrogens (tertiary/aromatic N) is 1. The van der Waals surface area contributed by atoms with E-state index in [1.165, 1.54) is 44.3 Å². The molecule has 1 heterocycles. The van der Waals surface area contributed by atoms with Gasteiger partial charge in [-0.05, 0) is 52.8 Å². The van der Waals surface area contributed by atoms with Crippen LogP contribution in [-0.4, -0.2) is 23.5 Å². The lowest BCUT2D eigenvalue weighted by Crippen LogP contribution is -2.34. The summed E-state index contributed by atoms with van der Waals surface area (Å²) in [6.07, 6.45) is 6.93. The summed E-state index contributed by atoms with van der Waals surface area (Å²) in [6.45, 7) is 15.2. The summed E-state index contributed by atoms with van der Waals surface area (Å²) in [4.78, 5) is 2.52. The summed E-state index contributed by atoms with van der Waals surface area (Å²) < 4.78 is 5.74. The van der Waals surface area contributed by atoms with E-state index in [0.717, 1.165) is 18.8 Å². The van der Waals surface area contributed by atoms with Crippen LogP contribution >= 0.6 is 0 Å². The van der Waals surface area contributed by atoms with Gasteiger partial charge in [0.2, 0.25) is 0 Å². The minimum absolute atomic E-state index is 0.145. The first kappa shape index (κ1) is 18.2. The monoisotopic (exact) mass is 294 g/mol. The summed E-state index contributed by atoms with van der Waals surface area (Å²) >= 11 is 0. The van der Waals surface area contributed by atoms with Crippen LogP contribution in [0.25, 0.3) is 0 Å². The van der Waals surface area contributed by atoms with E-state index < -0.39 is 0 Å². The number of unbranched alkanes of at least 4 members (excludes halogenated alkanes) is 2. The molecule has 0 bridgehead atoms. The van der Waals surface area contributed by atoms with Crippen molar-refractivity contribution in [2.24, 2.45) is 0 Å². The summed E-state index contributed by atoms with van der Waals surface area (Å²) in [5, 5.41) is 3.50. The van der Waals surface area contributed by atoms with Gasteiger partial charge in [0.15, 0.2) is 0 Å². The molecule has 21 heavy (non-hydrogen) atoms. The molecule has 0 spiro atoms. The van der Waals surface area contributed by atoms with Gasteiger partial charge in [-0.2, -0.15) is 0 Å². The molecule has 1 aromatic heterocycles. The van der Waals surface area contributed by atoms with Crippen molar-refractivity contribution in [1.82, 2.24) is 10.2 Å². The molecule has 1 rings (SSSR count). The molecule has 0 aromatic carbocycles. The maximum Gasteiger partial charge on any atom is 0.118 e. The molecular weight excluding hydrogens is 260 g/mol. The van der Waals surface area contributed by atoms with Crippen LogP contribution < -0.4 is 5.32 Å². The van der Waals surface area contributed by atoms with Crippen LogP contribution in [0, 0.1) is 0 Å². The third-order valence-corrected chi connectivity index (χ3v) is 3.57. The Balaban J connectivity index is 2.49. The van der Waals surface area contributed by atoms with Gasteiger partial charge in [-0.15, -0.1) is 0 Å². The van der Waals surface area contributed by atoms with E-state index in [1.54, 1.807) is 0 Å². The van der Waals surface area contributed by atoms with Gasteiger partial charge in [-0.1, -0.05) is 26.7 Å². The van der Waals surface area contributed by atoms with Gasteiger partial charge in [-0.3, -0.25) is 4.90 Å². The van der Waals surface area contributed by atoms with Crippen molar-refractivity contribution in [1.29, 1.82) is 0 Å². The van der Waals surface area contributed by atoms with E-state index in [-0.39, 0.29) is 5.54 Å². The van der Waals surface area contributed by atoms with Gasteiger partial charge >= 0.3 is 0 Å². The topological polar surface area (TPSA) is 28.4 Å². The number of hydrogen-bond donors (Lipinski definition) is 1. The molecule has 0 unspecified atom stereocenters. The van der Waals surface area contributed by atoms with Crippen LogP contribution in [0.2, 0.25) is 0 Å². The predicted molar refractivity (Wildman–Crippen MR) is 90.4 cm³/mol. The molecule has 0 amide bonds. The lowest BCUT2D eigenvalue weighted by molar-refractivity contribution is 0.236. The first-order chi connectivity index (χ1) is 9.94. The van der Waals surface area contributed by atoms with Crippen molar-refractivity contribution in [2.45, 2.75) is 78.9 Å². The standard InChI is InChI=1S/C18H34N2O/c1-6-8-10-20(11-9-7-2)14-17-12-16(15-21-17)13-19-18(3,4)5/h12,15,19H,6-11,13-14H2,1-5H3. The molecule has 122 valence electrons. The lowest BCUT2D eigenvalue weighted by atomic mass is 10.1. The Bertz CT molecular complexity index is 371. The van der Waals surface area contributed by atoms with Gasteiger partial charge in [0.25, 0.3) is 0 Å². The van der Waals surface area contributed by atoms with Gasteiger partial charge in [0.1, 0.15) is 5.76 Å². The Kier molecular flexibility index (Phi) is 8.05. The third kappa shape index (κ3) is 8.27. The third-order valence-electron chi connectivity index (χ3n) is 3.57. The van der Waals surface area contributed by atoms with Crippen LogP contribution in [0.5, 0.6) is 0 Å². The van der Waals surface area contributed by atoms with Crippen molar-refractivity contribution < 1.29 is 4.42 Å². The molecule has 0 aliphatic heterocycles. The maximum absolute atomic E-state index is 5.74. The molecule has 0 radical (unpaired) electrons. The minimum atomic E-state index is 0.145. The van der Waals surface area contributed by atoms with Crippen LogP contribution in [-0.2, 0) is 13.1 Å². The highest BCUT2D eigenvalue weighted by molar-refractivity contribution is 5.13. The predicted octanol–water partition coefficient (Wildman–Crippen LogP) is 4.57. The van der Waals surface area contributed by atoms with E-state index in [0.29, 0.717) is 0 Å². The zero-order valence-corrected chi connectivity index (χ0v) is 14.7. The highest BCUT2D eigenvalue weighted by Gasteiger charge is 2.11. The lowest BCUT2D eigenvalue weighted by Gasteiger charge is -2.20. The minimum Gasteiger partial charge on any atom is -0.468 e. The van der Waals surface area contributed by atoms with Crippen molar-refractivity contribution in [3.63, 3.8) is 0 Å². The van der Waals surface area contributed by atoms with E-state index in [9.17, 15) is 0 Å². The Hall–Kier alpha value is -0.800. The Morgan fingerprint density at radius 2 is 1.71 bits per heavy atom. The second-order valence-electron chi connectivity index (χ2n) is 7.01. The number of nitrogens with one attached hydrogen (secondary N) is 1. The summed E-state index contributed by atoms with van der Waals surface area (Å²) in [7, 11) is 0. The summed E-state index contributed by atoms with van der Waals surface area (Å²) in [5.41, 5.74) is 1.39. The van der Waals surface area contributed by atoms with Gasteiger partial charge in [-0.25, -0.2) is 0 Å². The van der Waals surface area contributed by atoms with E-state index in [1.807, 2.05) is 6.26 Å². The largest absolute Gasteiger partial charge is 0.468 e. The smallest absolute Gasteiger partial charge is 0.118 e. The number of furan rings is 1. The Morgan fingerprint density at radius 1 is 1.10 bits per heavy atom. The summed E-state index contributed by atoms with van der Waals surface area (Å²) in [6, 6.07) is 2.20. The van der Waals surface area contributed by atoms with Crippen LogP contribution in [0.4, 0.5) is 0 Å². The fraction of sp³-hybridized carbons (Fsp3) is 0.778. The Morgan fingerprint density at radius 3 is 2.24 bits per heavy atom. The van der Waals surface area contributed by atoms with Crippen molar-refractivity contribution in [2.75, 3.05) is 13.1 Å². The SMILES string of the molecule is CCCCN(CCCC)Cc1cc(CNC(C)(C)C)co1. The van der Waals surface area contributed by atoms with Gasteiger partial charge in [0.05, 0.1) is 12.8 Å². The van der Waals surface area contributed by atoms with Crippen molar-refractivity contribution in [3.05, 3.63) is 23.7 Å². The fourth-order valence-corrected chi connectivity index (χ4v) is 2.22. The molecule has 0 atom stereocenters. The molecule has 0 aliphatic rings. The maximum atomic E-state index is 5.74. The van der Waals surface area contributed by atoms with Crippen LogP contribution in [0.15, 0.2) is 16.7 Å². The normalized spacial score (nSPS) is 12.3. The molecule has 1 aromatic rings. The molecule has 0 fully saturated rings. The first-order valence-electron chi connectivity index (χ1n) is 8.48. The quantitative estimate of drug-likeness (QED) is 0.685. The molecule has 3 nitrogen and oxygen atoms in total. The average Bonchev–Trinajstić information content (AvgIpc) is 2.86. The van der Waals surface area contributed by atoms with Crippen molar-refractivity contribution >= 4 is 0 Å². The average molecular weight is 294 g/mol.